The van der Waals surface area contributed by atoms with Crippen LogP contribution >= 0.6 is 11.6 Å². The third-order valence-corrected chi connectivity index (χ3v) is 6.86. The number of aromatic nitrogens is 2. The highest BCUT2D eigenvalue weighted by Gasteiger charge is 2.34. The molecule has 2 heterocycles. The number of nitrogens with zero attached hydrogens (tertiary/aromatic N) is 3. The smallest absolute Gasteiger partial charge is 0.262 e. The Hall–Kier alpha value is -0.680. The van der Waals surface area contributed by atoms with Crippen LogP contribution in [0, 0.1) is 6.92 Å². The largest absolute Gasteiger partial charge is 0.281 e. The number of halogens is 1. The SMILES string of the molecule is Cc1[nH]nc(S(=O)(=O)N2CCN(S(C)(=O)=O)CC2)c1CCl. The van der Waals surface area contributed by atoms with Gasteiger partial charge in [-0.1, -0.05) is 0 Å². The van der Waals surface area contributed by atoms with Gasteiger partial charge in [0.2, 0.25) is 10.0 Å². The molecular weight excluding hydrogens is 340 g/mol. The van der Waals surface area contributed by atoms with E-state index in [1.807, 2.05) is 0 Å². The fourth-order valence-electron chi connectivity index (χ4n) is 2.16. The van der Waals surface area contributed by atoms with Gasteiger partial charge in [0.15, 0.2) is 5.03 Å². The van der Waals surface area contributed by atoms with Crippen LogP contribution in [0.4, 0.5) is 0 Å². The van der Waals surface area contributed by atoms with Gasteiger partial charge in [0.05, 0.1) is 12.1 Å². The fourth-order valence-corrected chi connectivity index (χ4v) is 4.98. The molecule has 21 heavy (non-hydrogen) atoms. The lowest BCUT2D eigenvalue weighted by Crippen LogP contribution is -2.50. The fraction of sp³-hybridized carbons (Fsp3) is 0.700. The standard InChI is InChI=1S/C10H17ClN4O4S2/c1-8-9(7-11)10(13-12-8)21(18,19)15-5-3-14(4-6-15)20(2,16)17/h3-7H2,1-2H3,(H,12,13). The molecule has 0 amide bonds. The minimum Gasteiger partial charge on any atom is -0.281 e. The summed E-state index contributed by atoms with van der Waals surface area (Å²) in [7, 11) is -7.07. The Morgan fingerprint density at radius 3 is 2.14 bits per heavy atom. The third kappa shape index (κ3) is 3.24. The molecule has 8 nitrogen and oxygen atoms in total. The molecule has 0 aliphatic carbocycles. The summed E-state index contributed by atoms with van der Waals surface area (Å²) in [5.74, 6) is 0.0419. The quantitative estimate of drug-likeness (QED) is 0.747. The number of hydrogen-bond acceptors (Lipinski definition) is 5. The number of nitrogens with one attached hydrogen (secondary N) is 1. The molecular formula is C10H17ClN4O4S2. The number of alkyl halides is 1. The molecule has 2 rings (SSSR count). The van der Waals surface area contributed by atoms with Crippen molar-refractivity contribution >= 4 is 31.6 Å². The van der Waals surface area contributed by atoms with E-state index in [0.29, 0.717) is 11.3 Å². The van der Waals surface area contributed by atoms with Gasteiger partial charge in [-0.15, -0.1) is 11.6 Å². The molecule has 1 aromatic rings. The lowest BCUT2D eigenvalue weighted by Gasteiger charge is -2.32. The number of H-pyrrole nitrogens is 1. The number of sulfonamides is 2. The van der Waals surface area contributed by atoms with Crippen molar-refractivity contribution < 1.29 is 16.8 Å². The number of rotatable bonds is 4. The van der Waals surface area contributed by atoms with Gasteiger partial charge in [0.1, 0.15) is 0 Å². The molecule has 1 N–H and O–H groups in total. The van der Waals surface area contributed by atoms with Crippen molar-refractivity contribution in [3.05, 3.63) is 11.3 Å². The topological polar surface area (TPSA) is 103 Å². The zero-order valence-electron chi connectivity index (χ0n) is 11.7. The molecule has 0 atom stereocenters. The first-order valence-electron chi connectivity index (χ1n) is 6.23. The predicted octanol–water partition coefficient (Wildman–Crippen LogP) is -0.277. The van der Waals surface area contributed by atoms with Crippen molar-refractivity contribution in [3.63, 3.8) is 0 Å². The maximum atomic E-state index is 12.6. The first-order chi connectivity index (χ1) is 9.67. The van der Waals surface area contributed by atoms with Gasteiger partial charge < -0.3 is 0 Å². The van der Waals surface area contributed by atoms with Gasteiger partial charge in [-0.25, -0.2) is 16.8 Å². The molecule has 0 spiro atoms. The lowest BCUT2D eigenvalue weighted by atomic mass is 10.3. The summed E-state index contributed by atoms with van der Waals surface area (Å²) >= 11 is 5.78. The van der Waals surface area contributed by atoms with Gasteiger partial charge >= 0.3 is 0 Å². The van der Waals surface area contributed by atoms with E-state index in [1.165, 1.54) is 8.61 Å². The van der Waals surface area contributed by atoms with Crippen LogP contribution in [0.25, 0.3) is 0 Å². The van der Waals surface area contributed by atoms with E-state index in [-0.39, 0.29) is 37.1 Å². The molecule has 11 heteroatoms. The summed E-state index contributed by atoms with van der Waals surface area (Å²) in [6, 6.07) is 0. The van der Waals surface area contributed by atoms with Crippen LogP contribution in [0.3, 0.4) is 0 Å². The molecule has 1 saturated heterocycles. The summed E-state index contributed by atoms with van der Waals surface area (Å²) in [4.78, 5) is 0. The van der Waals surface area contributed by atoms with Crippen molar-refractivity contribution in [1.29, 1.82) is 0 Å². The average molecular weight is 357 g/mol. The number of aryl methyl sites for hydroxylation is 1. The Morgan fingerprint density at radius 2 is 1.67 bits per heavy atom. The number of hydrogen-bond donors (Lipinski definition) is 1. The Kier molecular flexibility index (Phi) is 4.64. The van der Waals surface area contributed by atoms with Gasteiger partial charge in [0, 0.05) is 37.4 Å². The summed E-state index contributed by atoms with van der Waals surface area (Å²) in [6.45, 7) is 2.17. The summed E-state index contributed by atoms with van der Waals surface area (Å²) < 4.78 is 50.5. The zero-order chi connectivity index (χ0) is 15.8. The second-order valence-corrected chi connectivity index (χ2v) is 8.93. The lowest BCUT2D eigenvalue weighted by molar-refractivity contribution is 0.273. The average Bonchev–Trinajstić information content (AvgIpc) is 2.79. The van der Waals surface area contributed by atoms with Crippen LogP contribution in [0.2, 0.25) is 0 Å². The van der Waals surface area contributed by atoms with Crippen molar-refractivity contribution in [2.75, 3.05) is 32.4 Å². The van der Waals surface area contributed by atoms with Crippen molar-refractivity contribution in [3.8, 4) is 0 Å². The Balaban J connectivity index is 2.23. The molecule has 0 saturated carbocycles. The van der Waals surface area contributed by atoms with E-state index in [2.05, 4.69) is 10.2 Å². The van der Waals surface area contributed by atoms with E-state index in [1.54, 1.807) is 6.92 Å². The summed E-state index contributed by atoms with van der Waals surface area (Å²) in [5.41, 5.74) is 1.06. The normalized spacial score (nSPS) is 19.0. The van der Waals surface area contributed by atoms with Crippen LogP contribution in [-0.4, -0.2) is 68.1 Å². The number of piperazine rings is 1. The van der Waals surface area contributed by atoms with Gasteiger partial charge in [-0.05, 0) is 6.92 Å². The van der Waals surface area contributed by atoms with Crippen molar-refractivity contribution in [2.45, 2.75) is 17.8 Å². The minimum atomic E-state index is -3.77. The molecule has 0 aromatic carbocycles. The van der Waals surface area contributed by atoms with Gasteiger partial charge in [0.25, 0.3) is 10.0 Å². The van der Waals surface area contributed by atoms with Gasteiger partial charge in [-0.3, -0.25) is 5.10 Å². The van der Waals surface area contributed by atoms with Crippen LogP contribution in [0.1, 0.15) is 11.3 Å². The van der Waals surface area contributed by atoms with Crippen LogP contribution in [0.15, 0.2) is 5.03 Å². The van der Waals surface area contributed by atoms with E-state index < -0.39 is 20.0 Å². The maximum absolute atomic E-state index is 12.6. The number of aromatic amines is 1. The first kappa shape index (κ1) is 16.7. The minimum absolute atomic E-state index is 0.0419. The maximum Gasteiger partial charge on any atom is 0.262 e. The zero-order valence-corrected chi connectivity index (χ0v) is 14.1. The van der Waals surface area contributed by atoms with E-state index in [4.69, 9.17) is 11.6 Å². The Labute approximate surface area is 129 Å². The highest BCUT2D eigenvalue weighted by Crippen LogP contribution is 2.23. The Bertz CT molecular complexity index is 720. The third-order valence-electron chi connectivity index (χ3n) is 3.42. The van der Waals surface area contributed by atoms with E-state index in [0.717, 1.165) is 6.26 Å². The second-order valence-electron chi connectivity index (χ2n) is 4.83. The summed E-state index contributed by atoms with van der Waals surface area (Å²) in [6.07, 6.45) is 1.11. The highest BCUT2D eigenvalue weighted by molar-refractivity contribution is 7.89. The summed E-state index contributed by atoms with van der Waals surface area (Å²) in [5, 5.41) is 6.37. The second kappa shape index (κ2) is 5.84. The first-order valence-corrected chi connectivity index (χ1v) is 10.1. The molecule has 0 unspecified atom stereocenters. The molecule has 120 valence electrons. The van der Waals surface area contributed by atoms with Crippen LogP contribution in [-0.2, 0) is 25.9 Å². The predicted molar refractivity (Wildman–Crippen MR) is 78.1 cm³/mol. The molecule has 1 fully saturated rings. The monoisotopic (exact) mass is 356 g/mol. The highest BCUT2D eigenvalue weighted by atomic mass is 35.5. The van der Waals surface area contributed by atoms with Crippen molar-refractivity contribution in [2.24, 2.45) is 0 Å². The van der Waals surface area contributed by atoms with Gasteiger partial charge in [-0.2, -0.15) is 13.7 Å². The molecule has 0 radical (unpaired) electrons. The van der Waals surface area contributed by atoms with E-state index >= 15 is 0 Å². The molecule has 0 bridgehead atoms. The van der Waals surface area contributed by atoms with Crippen LogP contribution in [0.5, 0.6) is 0 Å². The van der Waals surface area contributed by atoms with E-state index in [9.17, 15) is 16.8 Å². The molecule has 1 aliphatic heterocycles. The molecule has 1 aromatic heterocycles. The van der Waals surface area contributed by atoms with Crippen LogP contribution < -0.4 is 0 Å². The van der Waals surface area contributed by atoms with Crippen molar-refractivity contribution in [1.82, 2.24) is 18.8 Å². The molecule has 1 aliphatic rings. The Morgan fingerprint density at radius 1 is 1.14 bits per heavy atom.